The van der Waals surface area contributed by atoms with Crippen LogP contribution in [0.25, 0.3) is 10.9 Å². The zero-order chi connectivity index (χ0) is 16.1. The molecule has 1 atom stereocenters. The van der Waals surface area contributed by atoms with Gasteiger partial charge in [0.15, 0.2) is 0 Å². The Labute approximate surface area is 136 Å². The molecule has 0 unspecified atom stereocenters. The number of hydrogen-bond acceptors (Lipinski definition) is 3. The van der Waals surface area contributed by atoms with Crippen LogP contribution in [0.4, 0.5) is 0 Å². The first kappa shape index (κ1) is 16.0. The highest BCUT2D eigenvalue weighted by Crippen LogP contribution is 2.28. The van der Waals surface area contributed by atoms with Crippen LogP contribution in [-0.4, -0.2) is 34.4 Å². The fraction of sp³-hybridized carbons (Fsp3) is 0.556. The number of nitrogens with zero attached hydrogens (tertiary/aromatic N) is 1. The molecule has 1 aromatic heterocycles. The molecule has 5 nitrogen and oxygen atoms in total. The Morgan fingerprint density at radius 3 is 2.96 bits per heavy atom. The number of amides is 1. The van der Waals surface area contributed by atoms with E-state index in [1.807, 2.05) is 12.1 Å². The van der Waals surface area contributed by atoms with Crippen LogP contribution in [0.15, 0.2) is 24.4 Å². The summed E-state index contributed by atoms with van der Waals surface area (Å²) in [5.74, 6) is 0.773. The number of aromatic nitrogens is 2. The lowest BCUT2D eigenvalue weighted by Gasteiger charge is -2.25. The van der Waals surface area contributed by atoms with Crippen LogP contribution in [0.1, 0.15) is 48.9 Å². The molecule has 1 aromatic carbocycles. The topological polar surface area (TPSA) is 78.0 Å². The summed E-state index contributed by atoms with van der Waals surface area (Å²) in [6.07, 6.45) is 9.21. The summed E-state index contributed by atoms with van der Waals surface area (Å²) in [7, 11) is 0. The molecule has 2 aromatic rings. The van der Waals surface area contributed by atoms with Gasteiger partial charge >= 0.3 is 0 Å². The molecule has 1 amide bonds. The second kappa shape index (κ2) is 7.59. The van der Waals surface area contributed by atoms with Crippen molar-refractivity contribution < 1.29 is 9.90 Å². The van der Waals surface area contributed by atoms with Gasteiger partial charge in [-0.15, -0.1) is 0 Å². The minimum Gasteiger partial charge on any atom is -0.396 e. The molecule has 3 rings (SSSR count). The maximum absolute atomic E-state index is 12.3. The molecular weight excluding hydrogens is 290 g/mol. The van der Waals surface area contributed by atoms with Gasteiger partial charge in [-0.2, -0.15) is 5.10 Å². The van der Waals surface area contributed by atoms with Crippen molar-refractivity contribution in [3.63, 3.8) is 0 Å². The molecule has 1 heterocycles. The first-order chi connectivity index (χ1) is 11.3. The van der Waals surface area contributed by atoms with Crippen molar-refractivity contribution in [3.8, 4) is 0 Å². The fourth-order valence-electron chi connectivity index (χ4n) is 3.54. The van der Waals surface area contributed by atoms with E-state index in [0.717, 1.165) is 17.3 Å². The van der Waals surface area contributed by atoms with Gasteiger partial charge in [0.25, 0.3) is 5.91 Å². The summed E-state index contributed by atoms with van der Waals surface area (Å²) in [4.78, 5) is 12.3. The van der Waals surface area contributed by atoms with Crippen molar-refractivity contribution in [3.05, 3.63) is 30.0 Å². The van der Waals surface area contributed by atoms with E-state index >= 15 is 0 Å². The lowest BCUT2D eigenvalue weighted by Crippen LogP contribution is -2.32. The van der Waals surface area contributed by atoms with Crippen LogP contribution >= 0.6 is 0 Å². The highest BCUT2D eigenvalue weighted by atomic mass is 16.3. The third-order valence-electron chi connectivity index (χ3n) is 4.90. The van der Waals surface area contributed by atoms with Gasteiger partial charge in [-0.1, -0.05) is 32.1 Å². The summed E-state index contributed by atoms with van der Waals surface area (Å²) in [6, 6.07) is 5.50. The molecular formula is C18H25N3O2. The van der Waals surface area contributed by atoms with E-state index in [1.165, 1.54) is 32.1 Å². The lowest BCUT2D eigenvalue weighted by molar-refractivity contribution is 0.0933. The van der Waals surface area contributed by atoms with Gasteiger partial charge in [0, 0.05) is 24.1 Å². The Morgan fingerprint density at radius 2 is 2.17 bits per heavy atom. The number of aromatic amines is 1. The van der Waals surface area contributed by atoms with Crippen LogP contribution in [0.5, 0.6) is 0 Å². The smallest absolute Gasteiger partial charge is 0.251 e. The summed E-state index contributed by atoms with van der Waals surface area (Å²) in [5.41, 5.74) is 1.56. The minimum atomic E-state index is -0.0878. The molecule has 23 heavy (non-hydrogen) atoms. The summed E-state index contributed by atoms with van der Waals surface area (Å²) >= 11 is 0. The van der Waals surface area contributed by atoms with Gasteiger partial charge in [-0.05, 0) is 36.5 Å². The number of aliphatic hydroxyl groups excluding tert-OH is 1. The lowest BCUT2D eigenvalue weighted by atomic mass is 9.83. The Bertz CT molecular complexity index is 647. The molecule has 0 radical (unpaired) electrons. The van der Waals surface area contributed by atoms with Crippen molar-refractivity contribution in [2.45, 2.75) is 38.5 Å². The first-order valence-electron chi connectivity index (χ1n) is 8.58. The third-order valence-corrected chi connectivity index (χ3v) is 4.90. The van der Waals surface area contributed by atoms with Crippen LogP contribution < -0.4 is 5.32 Å². The molecule has 1 saturated carbocycles. The summed E-state index contributed by atoms with van der Waals surface area (Å²) in [6.45, 7) is 0.673. The number of carbonyl (C=O) groups excluding carboxylic acids is 1. The van der Waals surface area contributed by atoms with Crippen molar-refractivity contribution in [1.29, 1.82) is 0 Å². The number of nitrogens with one attached hydrogen (secondary N) is 2. The molecule has 1 fully saturated rings. The van der Waals surface area contributed by atoms with Crippen LogP contribution in [-0.2, 0) is 0 Å². The monoisotopic (exact) mass is 315 g/mol. The third kappa shape index (κ3) is 4.10. The van der Waals surface area contributed by atoms with Gasteiger partial charge in [-0.3, -0.25) is 9.89 Å². The Hall–Kier alpha value is -1.88. The minimum absolute atomic E-state index is 0.0878. The van der Waals surface area contributed by atoms with E-state index in [2.05, 4.69) is 15.5 Å². The quantitative estimate of drug-likeness (QED) is 0.767. The molecule has 3 N–H and O–H groups in total. The van der Waals surface area contributed by atoms with E-state index in [-0.39, 0.29) is 18.4 Å². The van der Waals surface area contributed by atoms with Crippen LogP contribution in [0.2, 0.25) is 0 Å². The number of hydrogen-bond donors (Lipinski definition) is 3. The van der Waals surface area contributed by atoms with E-state index in [9.17, 15) is 9.90 Å². The number of fused-ring (bicyclic) bond motifs is 1. The average molecular weight is 315 g/mol. The highest BCUT2D eigenvalue weighted by Gasteiger charge is 2.19. The van der Waals surface area contributed by atoms with Gasteiger partial charge < -0.3 is 10.4 Å². The predicted molar refractivity (Wildman–Crippen MR) is 90.2 cm³/mol. The van der Waals surface area contributed by atoms with Crippen molar-refractivity contribution in [2.75, 3.05) is 13.2 Å². The zero-order valence-electron chi connectivity index (χ0n) is 13.4. The normalized spacial score (nSPS) is 17.3. The maximum atomic E-state index is 12.3. The summed E-state index contributed by atoms with van der Waals surface area (Å²) < 4.78 is 0. The Morgan fingerprint density at radius 1 is 1.35 bits per heavy atom. The van der Waals surface area contributed by atoms with E-state index < -0.39 is 0 Å². The largest absolute Gasteiger partial charge is 0.396 e. The van der Waals surface area contributed by atoms with Crippen molar-refractivity contribution in [2.24, 2.45) is 11.8 Å². The Kier molecular flexibility index (Phi) is 5.28. The van der Waals surface area contributed by atoms with Gasteiger partial charge in [0.05, 0.1) is 11.7 Å². The van der Waals surface area contributed by atoms with Crippen molar-refractivity contribution >= 4 is 16.8 Å². The number of rotatable bonds is 6. The van der Waals surface area contributed by atoms with E-state index in [0.29, 0.717) is 18.0 Å². The average Bonchev–Trinajstić information content (AvgIpc) is 3.06. The van der Waals surface area contributed by atoms with Gasteiger partial charge in [-0.25, -0.2) is 0 Å². The van der Waals surface area contributed by atoms with Crippen LogP contribution in [0.3, 0.4) is 0 Å². The van der Waals surface area contributed by atoms with E-state index in [4.69, 9.17) is 0 Å². The number of carbonyl (C=O) groups is 1. The van der Waals surface area contributed by atoms with Gasteiger partial charge in [0.2, 0.25) is 0 Å². The number of aliphatic hydroxyl groups is 1. The van der Waals surface area contributed by atoms with Gasteiger partial charge in [0.1, 0.15) is 0 Å². The molecule has 0 saturated heterocycles. The second-order valence-electron chi connectivity index (χ2n) is 6.67. The molecule has 124 valence electrons. The van der Waals surface area contributed by atoms with Crippen molar-refractivity contribution in [1.82, 2.24) is 15.5 Å². The molecule has 0 spiro atoms. The molecule has 1 aliphatic carbocycles. The molecule has 1 aliphatic rings. The first-order valence-corrected chi connectivity index (χ1v) is 8.58. The standard InChI is InChI=1S/C18H25N3O2/c22-12-14(8-13-4-2-1-3-5-13)10-19-18(23)15-6-7-17-16(9-15)11-20-21-17/h6-7,9,11,13-14,22H,1-5,8,10,12H2,(H,19,23)(H,20,21)/t14-/m1/s1. The highest BCUT2D eigenvalue weighted by molar-refractivity contribution is 5.97. The summed E-state index contributed by atoms with van der Waals surface area (Å²) in [5, 5.41) is 20.3. The molecule has 5 heteroatoms. The predicted octanol–water partition coefficient (Wildman–Crippen LogP) is 2.87. The molecule has 0 bridgehead atoms. The fourth-order valence-corrected chi connectivity index (χ4v) is 3.54. The maximum Gasteiger partial charge on any atom is 0.251 e. The van der Waals surface area contributed by atoms with Crippen LogP contribution in [0, 0.1) is 11.8 Å². The Balaban J connectivity index is 1.53. The van der Waals surface area contributed by atoms with E-state index in [1.54, 1.807) is 12.3 Å². The molecule has 0 aliphatic heterocycles. The SMILES string of the molecule is O=C(NC[C@H](CO)CC1CCCCC1)c1ccc2[nH]ncc2c1. The zero-order valence-corrected chi connectivity index (χ0v) is 13.4. The number of H-pyrrole nitrogens is 1. The number of benzene rings is 1. The second-order valence-corrected chi connectivity index (χ2v) is 6.67.